The lowest BCUT2D eigenvalue weighted by molar-refractivity contribution is -0.202. The van der Waals surface area contributed by atoms with Gasteiger partial charge in [0.25, 0.3) is 0 Å². The van der Waals surface area contributed by atoms with Crippen molar-refractivity contribution < 1.29 is 14.6 Å². The summed E-state index contributed by atoms with van der Waals surface area (Å²) in [5.74, 6) is 0.163. The van der Waals surface area contributed by atoms with Crippen molar-refractivity contribution in [1.82, 2.24) is 0 Å². The van der Waals surface area contributed by atoms with Gasteiger partial charge in [-0.05, 0) is 26.2 Å². The largest absolute Gasteiger partial charge is 0.392 e. The molecule has 0 aromatic heterocycles. The summed E-state index contributed by atoms with van der Waals surface area (Å²) in [6.45, 7) is 1.87. The van der Waals surface area contributed by atoms with Gasteiger partial charge in [-0.1, -0.05) is 12.2 Å². The van der Waals surface area contributed by atoms with Crippen LogP contribution in [0.1, 0.15) is 32.6 Å². The van der Waals surface area contributed by atoms with Crippen molar-refractivity contribution in [2.45, 2.75) is 50.4 Å². The van der Waals surface area contributed by atoms with Crippen molar-refractivity contribution >= 4 is 5.78 Å². The standard InChI is InChI=1S/C12H16O3/c1-11-9(13)3-2-5-12(11)6-4-8(15-12)7-10(11)14/h4,6,8-9,13H,2-3,5,7H2,1H3/t8-,9+,11+,12+/m0/s1. The Morgan fingerprint density at radius 1 is 1.60 bits per heavy atom. The van der Waals surface area contributed by atoms with Crippen LogP contribution in [0.25, 0.3) is 0 Å². The van der Waals surface area contributed by atoms with E-state index in [4.69, 9.17) is 4.74 Å². The maximum absolute atomic E-state index is 12.1. The molecule has 0 unspecified atom stereocenters. The molecule has 1 N–H and O–H groups in total. The molecule has 0 amide bonds. The van der Waals surface area contributed by atoms with E-state index >= 15 is 0 Å². The van der Waals surface area contributed by atoms with Crippen molar-refractivity contribution in [1.29, 1.82) is 0 Å². The number of ketones is 1. The van der Waals surface area contributed by atoms with Crippen molar-refractivity contribution in [2.24, 2.45) is 5.41 Å². The summed E-state index contributed by atoms with van der Waals surface area (Å²) in [5.41, 5.74) is -1.22. The Morgan fingerprint density at radius 3 is 3.20 bits per heavy atom. The predicted octanol–water partition coefficient (Wildman–Crippen LogP) is 1.20. The number of aliphatic hydroxyl groups is 1. The molecular weight excluding hydrogens is 192 g/mol. The summed E-state index contributed by atoms with van der Waals surface area (Å²) in [6, 6.07) is 0. The van der Waals surface area contributed by atoms with Crippen LogP contribution in [-0.4, -0.2) is 28.7 Å². The Morgan fingerprint density at radius 2 is 2.40 bits per heavy atom. The average Bonchev–Trinajstić information content (AvgIpc) is 2.55. The van der Waals surface area contributed by atoms with Gasteiger partial charge in [0.15, 0.2) is 0 Å². The molecule has 15 heavy (non-hydrogen) atoms. The van der Waals surface area contributed by atoms with Gasteiger partial charge in [-0.3, -0.25) is 4.79 Å². The van der Waals surface area contributed by atoms with Crippen LogP contribution < -0.4 is 0 Å². The van der Waals surface area contributed by atoms with Crippen LogP contribution in [0.15, 0.2) is 12.2 Å². The molecule has 3 aliphatic rings. The lowest BCUT2D eigenvalue weighted by Gasteiger charge is -2.53. The van der Waals surface area contributed by atoms with E-state index in [0.717, 1.165) is 12.8 Å². The Kier molecular flexibility index (Phi) is 1.73. The molecule has 3 rings (SSSR count). The molecule has 0 aromatic carbocycles. The smallest absolute Gasteiger partial charge is 0.147 e. The number of Topliss-reactive ketones (excluding diaryl/α,β-unsaturated/α-hetero) is 1. The van der Waals surface area contributed by atoms with Crippen LogP contribution >= 0.6 is 0 Å². The molecule has 1 saturated carbocycles. The number of carbonyl (C=O) groups excluding carboxylic acids is 1. The molecular formula is C12H16O3. The van der Waals surface area contributed by atoms with E-state index in [1.165, 1.54) is 0 Å². The van der Waals surface area contributed by atoms with Gasteiger partial charge in [0, 0.05) is 6.42 Å². The minimum absolute atomic E-state index is 0.0455. The summed E-state index contributed by atoms with van der Waals surface area (Å²) in [6.07, 6.45) is 6.34. The third-order valence-electron chi connectivity index (χ3n) is 4.48. The fourth-order valence-corrected chi connectivity index (χ4v) is 3.36. The summed E-state index contributed by atoms with van der Waals surface area (Å²) in [5, 5.41) is 10.1. The van der Waals surface area contributed by atoms with Gasteiger partial charge in [-0.25, -0.2) is 0 Å². The van der Waals surface area contributed by atoms with Gasteiger partial charge in [0.05, 0.1) is 17.6 Å². The Balaban J connectivity index is 2.12. The zero-order valence-corrected chi connectivity index (χ0v) is 8.90. The van der Waals surface area contributed by atoms with Gasteiger partial charge < -0.3 is 9.84 Å². The van der Waals surface area contributed by atoms with Gasteiger partial charge in [-0.2, -0.15) is 0 Å². The lowest BCUT2D eigenvalue weighted by Crippen LogP contribution is -2.62. The van der Waals surface area contributed by atoms with Crippen molar-refractivity contribution in [3.63, 3.8) is 0 Å². The maximum atomic E-state index is 12.1. The first-order chi connectivity index (χ1) is 7.08. The van der Waals surface area contributed by atoms with Crippen LogP contribution in [-0.2, 0) is 9.53 Å². The first kappa shape index (κ1) is 9.55. The average molecular weight is 208 g/mol. The van der Waals surface area contributed by atoms with E-state index in [1.807, 2.05) is 19.1 Å². The SMILES string of the molecule is C[C@@]12C(=O)C[C@@H]3C=C[C@@]1(CCC[C@H]2O)O3. The van der Waals surface area contributed by atoms with Gasteiger partial charge in [-0.15, -0.1) is 0 Å². The molecule has 2 aliphatic heterocycles. The molecule has 3 heteroatoms. The number of hydrogen-bond acceptors (Lipinski definition) is 3. The van der Waals surface area contributed by atoms with Gasteiger partial charge in [0.2, 0.25) is 0 Å². The lowest BCUT2D eigenvalue weighted by atomic mass is 9.59. The summed E-state index contributed by atoms with van der Waals surface area (Å²) in [4.78, 5) is 12.1. The monoisotopic (exact) mass is 208 g/mol. The highest BCUT2D eigenvalue weighted by Crippen LogP contribution is 2.54. The molecule has 82 valence electrons. The minimum atomic E-state index is -0.714. The Hall–Kier alpha value is -0.670. The number of ether oxygens (including phenoxy) is 1. The first-order valence-corrected chi connectivity index (χ1v) is 5.67. The molecule has 3 nitrogen and oxygen atoms in total. The van der Waals surface area contributed by atoms with E-state index < -0.39 is 17.1 Å². The van der Waals surface area contributed by atoms with Crippen LogP contribution in [0.5, 0.6) is 0 Å². The highest BCUT2D eigenvalue weighted by Gasteiger charge is 2.63. The van der Waals surface area contributed by atoms with Crippen LogP contribution in [0.2, 0.25) is 0 Å². The molecule has 1 saturated heterocycles. The predicted molar refractivity (Wildman–Crippen MR) is 54.3 cm³/mol. The van der Waals surface area contributed by atoms with Crippen LogP contribution in [0.4, 0.5) is 0 Å². The quantitative estimate of drug-likeness (QED) is 0.608. The third kappa shape index (κ3) is 0.955. The molecule has 4 atom stereocenters. The molecule has 2 bridgehead atoms. The number of fused-ring (bicyclic) bond motifs is 1. The topological polar surface area (TPSA) is 46.5 Å². The second-order valence-electron chi connectivity index (χ2n) is 5.14. The minimum Gasteiger partial charge on any atom is -0.392 e. The van der Waals surface area contributed by atoms with Crippen molar-refractivity contribution in [3.8, 4) is 0 Å². The molecule has 1 spiro atoms. The van der Waals surface area contributed by atoms with Crippen LogP contribution in [0, 0.1) is 5.41 Å². The highest BCUT2D eigenvalue weighted by molar-refractivity contribution is 5.89. The van der Waals surface area contributed by atoms with Crippen LogP contribution in [0.3, 0.4) is 0 Å². The highest BCUT2D eigenvalue weighted by atomic mass is 16.5. The second-order valence-corrected chi connectivity index (χ2v) is 5.14. The fraction of sp³-hybridized carbons (Fsp3) is 0.750. The molecule has 0 aromatic rings. The molecule has 0 radical (unpaired) electrons. The second kappa shape index (κ2) is 2.71. The Labute approximate surface area is 89.1 Å². The van der Waals surface area contributed by atoms with Crippen molar-refractivity contribution in [3.05, 3.63) is 12.2 Å². The maximum Gasteiger partial charge on any atom is 0.147 e. The van der Waals surface area contributed by atoms with E-state index in [2.05, 4.69) is 0 Å². The number of carbonyl (C=O) groups is 1. The van der Waals surface area contributed by atoms with Crippen molar-refractivity contribution in [2.75, 3.05) is 0 Å². The summed E-state index contributed by atoms with van der Waals surface area (Å²) >= 11 is 0. The number of rotatable bonds is 0. The van der Waals surface area contributed by atoms with E-state index in [1.54, 1.807) is 0 Å². The summed E-state index contributed by atoms with van der Waals surface area (Å²) < 4.78 is 5.94. The number of aliphatic hydroxyl groups excluding tert-OH is 1. The molecule has 1 aliphatic carbocycles. The zero-order valence-electron chi connectivity index (χ0n) is 8.90. The van der Waals surface area contributed by atoms with E-state index in [9.17, 15) is 9.90 Å². The normalized spacial score (nSPS) is 53.1. The number of hydrogen-bond donors (Lipinski definition) is 1. The van der Waals surface area contributed by atoms with E-state index in [0.29, 0.717) is 12.8 Å². The van der Waals surface area contributed by atoms with Gasteiger partial charge >= 0.3 is 0 Å². The Bertz CT molecular complexity index is 349. The molecule has 2 fully saturated rings. The fourth-order valence-electron chi connectivity index (χ4n) is 3.36. The third-order valence-corrected chi connectivity index (χ3v) is 4.48. The first-order valence-electron chi connectivity index (χ1n) is 5.67. The van der Waals surface area contributed by atoms with Gasteiger partial charge in [0.1, 0.15) is 11.4 Å². The van der Waals surface area contributed by atoms with E-state index in [-0.39, 0.29) is 11.9 Å². The zero-order chi connectivity index (χ0) is 10.7. The summed E-state index contributed by atoms with van der Waals surface area (Å²) in [7, 11) is 0. The molecule has 2 heterocycles.